The van der Waals surface area contributed by atoms with Crippen LogP contribution in [-0.2, 0) is 4.74 Å². The minimum atomic E-state index is -0.0291. The summed E-state index contributed by atoms with van der Waals surface area (Å²) in [6, 6.07) is 6.40. The number of hydrogen-bond acceptors (Lipinski definition) is 2. The third-order valence-electron chi connectivity index (χ3n) is 2.73. The van der Waals surface area contributed by atoms with Crippen molar-refractivity contribution in [3.63, 3.8) is 0 Å². The van der Waals surface area contributed by atoms with Crippen LogP contribution < -0.4 is 5.73 Å². The normalized spacial score (nSPS) is 15.0. The Morgan fingerprint density at radius 3 is 2.13 bits per heavy atom. The monoisotopic (exact) mass is 207 g/mol. The third-order valence-corrected chi connectivity index (χ3v) is 2.73. The largest absolute Gasteiger partial charge is 0.379 e. The van der Waals surface area contributed by atoms with Crippen molar-refractivity contribution < 1.29 is 4.74 Å². The van der Waals surface area contributed by atoms with Gasteiger partial charge < -0.3 is 10.5 Å². The first-order chi connectivity index (χ1) is 7.08. The molecule has 0 aliphatic carbocycles. The quantitative estimate of drug-likeness (QED) is 0.824. The zero-order chi connectivity index (χ0) is 11.4. The molecule has 0 bridgehead atoms. The van der Waals surface area contributed by atoms with Crippen LogP contribution in [0.25, 0.3) is 0 Å². The van der Waals surface area contributed by atoms with Gasteiger partial charge in [0.15, 0.2) is 0 Å². The van der Waals surface area contributed by atoms with Gasteiger partial charge in [-0.25, -0.2) is 0 Å². The van der Waals surface area contributed by atoms with Crippen LogP contribution >= 0.6 is 0 Å². The van der Waals surface area contributed by atoms with Crippen molar-refractivity contribution in [1.29, 1.82) is 0 Å². The van der Waals surface area contributed by atoms with Crippen LogP contribution in [0.4, 0.5) is 0 Å². The summed E-state index contributed by atoms with van der Waals surface area (Å²) in [4.78, 5) is 0. The Labute approximate surface area is 92.4 Å². The summed E-state index contributed by atoms with van der Waals surface area (Å²) in [6.07, 6.45) is 1.04. The predicted octanol–water partition coefficient (Wildman–Crippen LogP) is 2.73. The highest BCUT2D eigenvalue weighted by Gasteiger charge is 2.17. The average molecular weight is 207 g/mol. The van der Waals surface area contributed by atoms with Crippen LogP contribution in [0.15, 0.2) is 18.2 Å². The Morgan fingerprint density at radius 1 is 1.20 bits per heavy atom. The first-order valence-electron chi connectivity index (χ1n) is 5.45. The molecule has 0 saturated carbocycles. The van der Waals surface area contributed by atoms with Crippen LogP contribution in [0, 0.1) is 13.8 Å². The van der Waals surface area contributed by atoms with Gasteiger partial charge in [-0.15, -0.1) is 0 Å². The second-order valence-electron chi connectivity index (χ2n) is 4.13. The first kappa shape index (κ1) is 12.2. The van der Waals surface area contributed by atoms with E-state index in [9.17, 15) is 0 Å². The predicted molar refractivity (Wildman–Crippen MR) is 63.9 cm³/mol. The fraction of sp³-hybridized carbons (Fsp3) is 0.538. The lowest BCUT2D eigenvalue weighted by Gasteiger charge is -2.22. The molecule has 1 aromatic carbocycles. The Hall–Kier alpha value is -0.860. The Kier molecular flexibility index (Phi) is 4.30. The number of benzene rings is 1. The standard InChI is InChI=1S/C13H21NO/c1-5-12(15-4)13(14)11-7-9(2)6-10(3)8-11/h6-8,12-13H,5,14H2,1-4H3. The van der Waals surface area contributed by atoms with E-state index in [1.807, 2.05) is 0 Å². The van der Waals surface area contributed by atoms with Crippen LogP contribution in [-0.4, -0.2) is 13.2 Å². The molecule has 0 radical (unpaired) electrons. The third kappa shape index (κ3) is 3.05. The highest BCUT2D eigenvalue weighted by atomic mass is 16.5. The molecule has 15 heavy (non-hydrogen) atoms. The van der Waals surface area contributed by atoms with Gasteiger partial charge in [0.1, 0.15) is 0 Å². The molecule has 84 valence electrons. The van der Waals surface area contributed by atoms with E-state index >= 15 is 0 Å². The molecule has 0 aliphatic heterocycles. The van der Waals surface area contributed by atoms with Gasteiger partial charge in [0.05, 0.1) is 12.1 Å². The fourth-order valence-electron chi connectivity index (χ4n) is 1.98. The lowest BCUT2D eigenvalue weighted by Crippen LogP contribution is -2.27. The second-order valence-corrected chi connectivity index (χ2v) is 4.13. The van der Waals surface area contributed by atoms with E-state index in [0.29, 0.717) is 0 Å². The van der Waals surface area contributed by atoms with Gasteiger partial charge >= 0.3 is 0 Å². The number of hydrogen-bond donors (Lipinski definition) is 1. The number of nitrogens with two attached hydrogens (primary N) is 1. The zero-order valence-electron chi connectivity index (χ0n) is 10.1. The molecule has 0 spiro atoms. The van der Waals surface area contributed by atoms with E-state index in [0.717, 1.165) is 6.42 Å². The van der Waals surface area contributed by atoms with Crippen molar-refractivity contribution in [1.82, 2.24) is 0 Å². The van der Waals surface area contributed by atoms with Crippen molar-refractivity contribution in [3.05, 3.63) is 34.9 Å². The molecule has 0 aromatic heterocycles. The summed E-state index contributed by atoms with van der Waals surface area (Å²) >= 11 is 0. The zero-order valence-corrected chi connectivity index (χ0v) is 10.1. The smallest absolute Gasteiger partial charge is 0.0761 e. The van der Waals surface area contributed by atoms with E-state index < -0.39 is 0 Å². The molecule has 2 atom stereocenters. The maximum Gasteiger partial charge on any atom is 0.0761 e. The van der Waals surface area contributed by atoms with Gasteiger partial charge in [-0.1, -0.05) is 36.2 Å². The molecule has 0 heterocycles. The lowest BCUT2D eigenvalue weighted by molar-refractivity contribution is 0.0772. The molecule has 2 heteroatoms. The van der Waals surface area contributed by atoms with Crippen LogP contribution in [0.5, 0.6) is 0 Å². The molecule has 1 aromatic rings. The summed E-state index contributed by atoms with van der Waals surface area (Å²) in [5, 5.41) is 0. The molecular formula is C13H21NO. The summed E-state index contributed by atoms with van der Waals surface area (Å²) in [7, 11) is 1.72. The van der Waals surface area contributed by atoms with Crippen molar-refractivity contribution in [2.75, 3.05) is 7.11 Å². The van der Waals surface area contributed by atoms with E-state index in [2.05, 4.69) is 39.0 Å². The van der Waals surface area contributed by atoms with E-state index in [-0.39, 0.29) is 12.1 Å². The van der Waals surface area contributed by atoms with Crippen molar-refractivity contribution in [3.8, 4) is 0 Å². The molecule has 2 N–H and O–H groups in total. The summed E-state index contributed by atoms with van der Waals surface area (Å²) < 4.78 is 5.37. The van der Waals surface area contributed by atoms with Crippen LogP contribution in [0.3, 0.4) is 0 Å². The molecule has 0 aliphatic rings. The minimum absolute atomic E-state index is 0.0291. The number of aryl methyl sites for hydroxylation is 2. The minimum Gasteiger partial charge on any atom is -0.379 e. The van der Waals surface area contributed by atoms with Gasteiger partial charge in [0, 0.05) is 7.11 Å². The SMILES string of the molecule is CCC(OC)C(N)c1cc(C)cc(C)c1. The lowest BCUT2D eigenvalue weighted by atomic mass is 9.97. The molecule has 1 rings (SSSR count). The summed E-state index contributed by atoms with van der Waals surface area (Å²) in [5.41, 5.74) is 9.85. The van der Waals surface area contributed by atoms with Crippen molar-refractivity contribution >= 4 is 0 Å². The first-order valence-corrected chi connectivity index (χ1v) is 5.45. The number of ether oxygens (including phenoxy) is 1. The Balaban J connectivity index is 2.94. The molecule has 0 fully saturated rings. The second kappa shape index (κ2) is 5.29. The maximum atomic E-state index is 6.17. The summed E-state index contributed by atoms with van der Waals surface area (Å²) in [5.74, 6) is 0. The van der Waals surface area contributed by atoms with Gasteiger partial charge in [0.25, 0.3) is 0 Å². The van der Waals surface area contributed by atoms with Gasteiger partial charge in [-0.05, 0) is 25.8 Å². The van der Waals surface area contributed by atoms with Crippen LogP contribution in [0.2, 0.25) is 0 Å². The van der Waals surface area contributed by atoms with E-state index in [4.69, 9.17) is 10.5 Å². The fourth-order valence-corrected chi connectivity index (χ4v) is 1.98. The van der Waals surface area contributed by atoms with Crippen molar-refractivity contribution in [2.45, 2.75) is 39.3 Å². The van der Waals surface area contributed by atoms with E-state index in [1.54, 1.807) is 7.11 Å². The molecule has 0 amide bonds. The number of methoxy groups -OCH3 is 1. The van der Waals surface area contributed by atoms with Crippen molar-refractivity contribution in [2.24, 2.45) is 5.73 Å². The molecule has 2 unspecified atom stereocenters. The topological polar surface area (TPSA) is 35.2 Å². The maximum absolute atomic E-state index is 6.17. The van der Waals surface area contributed by atoms with Gasteiger partial charge in [-0.3, -0.25) is 0 Å². The average Bonchev–Trinajstić information content (AvgIpc) is 2.18. The molecular weight excluding hydrogens is 186 g/mol. The van der Waals surface area contributed by atoms with Gasteiger partial charge in [0.2, 0.25) is 0 Å². The highest BCUT2D eigenvalue weighted by molar-refractivity contribution is 5.31. The van der Waals surface area contributed by atoms with E-state index in [1.165, 1.54) is 16.7 Å². The number of rotatable bonds is 4. The molecule has 0 saturated heterocycles. The Morgan fingerprint density at radius 2 is 1.73 bits per heavy atom. The van der Waals surface area contributed by atoms with Gasteiger partial charge in [-0.2, -0.15) is 0 Å². The summed E-state index contributed by atoms with van der Waals surface area (Å²) in [6.45, 7) is 6.28. The van der Waals surface area contributed by atoms with Crippen LogP contribution in [0.1, 0.15) is 36.1 Å². The Bertz CT molecular complexity index is 298. The highest BCUT2D eigenvalue weighted by Crippen LogP contribution is 2.21. The molecule has 2 nitrogen and oxygen atoms in total.